The number of carbonyl (C=O) groups is 4. The zero-order valence-electron chi connectivity index (χ0n) is 19.3. The summed E-state index contributed by atoms with van der Waals surface area (Å²) >= 11 is 0.633. The van der Waals surface area contributed by atoms with Gasteiger partial charge in [-0.2, -0.15) is 4.37 Å². The Morgan fingerprint density at radius 1 is 1.20 bits per heavy atom. The highest BCUT2D eigenvalue weighted by Gasteiger charge is 2.37. The SMILES string of the molecule is CCOC(=O)CN(C(=O)c1snc(C(N)=O)c1N)C(C(=O)NC1CCCCC1)c1ccc(F)cc1. The van der Waals surface area contributed by atoms with E-state index in [1.807, 2.05) is 0 Å². The van der Waals surface area contributed by atoms with Gasteiger partial charge in [0.05, 0.1) is 12.3 Å². The van der Waals surface area contributed by atoms with E-state index in [1.165, 1.54) is 12.1 Å². The van der Waals surface area contributed by atoms with Crippen LogP contribution in [0, 0.1) is 5.82 Å². The van der Waals surface area contributed by atoms with Crippen LogP contribution in [0.25, 0.3) is 0 Å². The number of hydrogen-bond donors (Lipinski definition) is 3. The number of anilines is 1. The van der Waals surface area contributed by atoms with Gasteiger partial charge in [0.2, 0.25) is 5.91 Å². The fraction of sp³-hybridized carbons (Fsp3) is 0.435. The minimum atomic E-state index is -1.30. The van der Waals surface area contributed by atoms with E-state index in [1.54, 1.807) is 6.92 Å². The smallest absolute Gasteiger partial charge is 0.325 e. The van der Waals surface area contributed by atoms with Crippen LogP contribution < -0.4 is 16.8 Å². The maximum absolute atomic E-state index is 13.7. The second kappa shape index (κ2) is 11.7. The second-order valence-electron chi connectivity index (χ2n) is 8.17. The Kier molecular flexibility index (Phi) is 8.74. The van der Waals surface area contributed by atoms with Crippen molar-refractivity contribution in [3.8, 4) is 0 Å². The summed E-state index contributed by atoms with van der Waals surface area (Å²) in [6, 6.07) is 3.68. The summed E-state index contributed by atoms with van der Waals surface area (Å²) in [4.78, 5) is 52.1. The fourth-order valence-electron chi connectivity index (χ4n) is 4.03. The highest BCUT2D eigenvalue weighted by molar-refractivity contribution is 7.09. The van der Waals surface area contributed by atoms with Crippen molar-refractivity contribution in [2.24, 2.45) is 5.73 Å². The number of halogens is 1. The zero-order chi connectivity index (χ0) is 25.5. The number of nitrogens with one attached hydrogen (secondary N) is 1. The average molecular weight is 506 g/mol. The first kappa shape index (κ1) is 26.1. The van der Waals surface area contributed by atoms with Crippen LogP contribution in [0.2, 0.25) is 0 Å². The predicted molar refractivity (Wildman–Crippen MR) is 127 cm³/mol. The van der Waals surface area contributed by atoms with Gasteiger partial charge in [-0.3, -0.25) is 19.2 Å². The molecule has 1 saturated carbocycles. The molecule has 1 unspecified atom stereocenters. The number of hydrogen-bond acceptors (Lipinski definition) is 8. The number of amides is 3. The van der Waals surface area contributed by atoms with Gasteiger partial charge in [0.1, 0.15) is 23.3 Å². The molecular formula is C23H28FN5O5S. The van der Waals surface area contributed by atoms with Crippen LogP contribution in [0.15, 0.2) is 24.3 Å². The van der Waals surface area contributed by atoms with Crippen molar-refractivity contribution in [3.63, 3.8) is 0 Å². The first-order valence-corrected chi connectivity index (χ1v) is 12.1. The van der Waals surface area contributed by atoms with E-state index in [2.05, 4.69) is 9.69 Å². The number of carbonyl (C=O) groups excluding carboxylic acids is 4. The molecule has 2 aromatic rings. The quantitative estimate of drug-likeness (QED) is 0.441. The van der Waals surface area contributed by atoms with Crippen molar-refractivity contribution in [2.75, 3.05) is 18.9 Å². The van der Waals surface area contributed by atoms with Crippen LogP contribution >= 0.6 is 11.5 Å². The Balaban J connectivity index is 2.04. The number of nitrogens with two attached hydrogens (primary N) is 2. The number of ether oxygens (including phenoxy) is 1. The van der Waals surface area contributed by atoms with Crippen molar-refractivity contribution >= 4 is 40.9 Å². The molecule has 0 bridgehead atoms. The summed E-state index contributed by atoms with van der Waals surface area (Å²) in [6.07, 6.45) is 4.58. The molecule has 1 aliphatic rings. The Bertz CT molecular complexity index is 1080. The number of primary amides is 1. The van der Waals surface area contributed by atoms with Gasteiger partial charge >= 0.3 is 5.97 Å². The van der Waals surface area contributed by atoms with E-state index in [-0.39, 0.29) is 34.5 Å². The van der Waals surface area contributed by atoms with Gasteiger partial charge in [-0.05, 0) is 49.0 Å². The predicted octanol–water partition coefficient (Wildman–Crippen LogP) is 2.16. The lowest BCUT2D eigenvalue weighted by Gasteiger charge is -2.32. The molecular weight excluding hydrogens is 477 g/mol. The minimum Gasteiger partial charge on any atom is -0.465 e. The average Bonchev–Trinajstić information content (AvgIpc) is 3.21. The van der Waals surface area contributed by atoms with Gasteiger partial charge in [-0.1, -0.05) is 31.4 Å². The van der Waals surface area contributed by atoms with E-state index in [0.29, 0.717) is 11.5 Å². The molecule has 1 fully saturated rings. The number of esters is 1. The zero-order valence-corrected chi connectivity index (χ0v) is 20.1. The second-order valence-corrected chi connectivity index (χ2v) is 8.95. The Hall–Kier alpha value is -3.54. The lowest BCUT2D eigenvalue weighted by Crippen LogP contribution is -2.48. The summed E-state index contributed by atoms with van der Waals surface area (Å²) in [5, 5.41) is 2.97. The molecule has 10 nitrogen and oxygen atoms in total. The molecule has 0 spiro atoms. The third-order valence-corrected chi connectivity index (χ3v) is 6.57. The molecule has 5 N–H and O–H groups in total. The highest BCUT2D eigenvalue weighted by Crippen LogP contribution is 2.29. The van der Waals surface area contributed by atoms with Crippen molar-refractivity contribution in [3.05, 3.63) is 46.2 Å². The minimum absolute atomic E-state index is 0.0604. The van der Waals surface area contributed by atoms with E-state index in [4.69, 9.17) is 16.2 Å². The number of benzene rings is 1. The van der Waals surface area contributed by atoms with Gasteiger partial charge in [-0.15, -0.1) is 0 Å². The van der Waals surface area contributed by atoms with Gasteiger partial charge < -0.3 is 26.4 Å². The van der Waals surface area contributed by atoms with E-state index in [0.717, 1.165) is 49.1 Å². The molecule has 12 heteroatoms. The van der Waals surface area contributed by atoms with Gasteiger partial charge in [0.25, 0.3) is 11.8 Å². The molecule has 0 radical (unpaired) electrons. The molecule has 1 atom stereocenters. The van der Waals surface area contributed by atoms with Crippen molar-refractivity contribution < 1.29 is 28.3 Å². The molecule has 3 amide bonds. The van der Waals surface area contributed by atoms with Crippen LogP contribution in [0.3, 0.4) is 0 Å². The first-order chi connectivity index (χ1) is 16.7. The maximum Gasteiger partial charge on any atom is 0.325 e. The number of rotatable bonds is 9. The molecule has 3 rings (SSSR count). The molecule has 1 aliphatic carbocycles. The molecule has 1 aromatic carbocycles. The summed E-state index contributed by atoms with van der Waals surface area (Å²) in [5.74, 6) is -3.54. The lowest BCUT2D eigenvalue weighted by atomic mass is 9.94. The van der Waals surface area contributed by atoms with Crippen LogP contribution in [-0.4, -0.2) is 52.2 Å². The van der Waals surface area contributed by atoms with E-state index < -0.39 is 42.1 Å². The fourth-order valence-corrected chi connectivity index (χ4v) is 4.79. The molecule has 1 heterocycles. The highest BCUT2D eigenvalue weighted by atomic mass is 32.1. The molecule has 1 aromatic heterocycles. The number of aromatic nitrogens is 1. The summed E-state index contributed by atoms with van der Waals surface area (Å²) in [7, 11) is 0. The van der Waals surface area contributed by atoms with Crippen LogP contribution in [0.4, 0.5) is 10.1 Å². The molecule has 0 saturated heterocycles. The van der Waals surface area contributed by atoms with Gasteiger partial charge in [-0.25, -0.2) is 4.39 Å². The Morgan fingerprint density at radius 2 is 1.86 bits per heavy atom. The molecule has 35 heavy (non-hydrogen) atoms. The molecule has 188 valence electrons. The van der Waals surface area contributed by atoms with Crippen LogP contribution in [-0.2, 0) is 14.3 Å². The third-order valence-electron chi connectivity index (χ3n) is 5.72. The van der Waals surface area contributed by atoms with Crippen molar-refractivity contribution in [1.29, 1.82) is 0 Å². The topological polar surface area (TPSA) is 158 Å². The van der Waals surface area contributed by atoms with Gasteiger partial charge in [0, 0.05) is 6.04 Å². The number of nitrogens with zero attached hydrogens (tertiary/aromatic N) is 2. The van der Waals surface area contributed by atoms with Crippen LogP contribution in [0.1, 0.15) is 70.8 Å². The summed E-state index contributed by atoms with van der Waals surface area (Å²) in [6.45, 7) is 1.08. The lowest BCUT2D eigenvalue weighted by molar-refractivity contribution is -0.145. The first-order valence-electron chi connectivity index (χ1n) is 11.3. The Labute approximate surface area is 206 Å². The van der Waals surface area contributed by atoms with Crippen molar-refractivity contribution in [2.45, 2.75) is 51.1 Å². The van der Waals surface area contributed by atoms with Crippen molar-refractivity contribution in [1.82, 2.24) is 14.6 Å². The normalized spacial score (nSPS) is 14.7. The number of nitrogen functional groups attached to an aromatic ring is 1. The largest absolute Gasteiger partial charge is 0.465 e. The van der Waals surface area contributed by atoms with Gasteiger partial charge in [0.15, 0.2) is 5.69 Å². The third kappa shape index (κ3) is 6.32. The Morgan fingerprint density at radius 3 is 2.43 bits per heavy atom. The summed E-state index contributed by atoms with van der Waals surface area (Å²) < 4.78 is 22.5. The summed E-state index contributed by atoms with van der Waals surface area (Å²) in [5.41, 5.74) is 11.0. The standard InChI is InChI=1S/C23H28FN5O5S/c1-2-34-16(30)12-29(23(33)20-17(25)18(21(26)31)28-35-20)19(13-8-10-14(24)11-9-13)22(32)27-15-6-4-3-5-7-15/h8-11,15,19H,2-7,12,25H2,1H3,(H2,26,31)(H,27,32). The molecule has 0 aliphatic heterocycles. The maximum atomic E-state index is 13.7. The monoisotopic (exact) mass is 505 g/mol. The van der Waals surface area contributed by atoms with Crippen LogP contribution in [0.5, 0.6) is 0 Å². The van der Waals surface area contributed by atoms with E-state index >= 15 is 0 Å². The van der Waals surface area contributed by atoms with E-state index in [9.17, 15) is 23.6 Å².